The second-order valence-electron chi connectivity index (χ2n) is 2.88. The van der Waals surface area contributed by atoms with Crippen LogP contribution in [0.3, 0.4) is 0 Å². The topological polar surface area (TPSA) is 45.0 Å². The summed E-state index contributed by atoms with van der Waals surface area (Å²) in [7, 11) is 0. The minimum atomic E-state index is -0.686. The fourth-order valence-corrected chi connectivity index (χ4v) is 1.41. The summed E-state index contributed by atoms with van der Waals surface area (Å²) < 4.78 is 0. The van der Waals surface area contributed by atoms with E-state index in [2.05, 4.69) is 9.98 Å². The summed E-state index contributed by atoms with van der Waals surface area (Å²) >= 11 is 5.50. The van der Waals surface area contributed by atoms with Crippen molar-refractivity contribution < 1.29 is 5.11 Å². The van der Waals surface area contributed by atoms with Gasteiger partial charge >= 0.3 is 0 Å². The smallest absolute Gasteiger partial charge is 0.167 e. The van der Waals surface area contributed by atoms with Crippen molar-refractivity contribution in [3.05, 3.63) is 35.0 Å². The van der Waals surface area contributed by atoms with Crippen molar-refractivity contribution in [2.45, 2.75) is 12.3 Å². The third kappa shape index (κ3) is 1.57. The first-order valence-electron chi connectivity index (χ1n) is 4.06. The molecule has 0 radical (unpaired) electrons. The number of rotatable bonds is 2. The highest BCUT2D eigenvalue weighted by molar-refractivity contribution is 6.18. The van der Waals surface area contributed by atoms with Crippen molar-refractivity contribution in [3.8, 4) is 0 Å². The highest BCUT2D eigenvalue weighted by Crippen LogP contribution is 2.03. The maximum atomic E-state index is 9.41. The molecule has 1 aromatic carbocycles. The lowest BCUT2D eigenvalue weighted by Gasteiger charge is -2.08. The standard InChI is InChI=1S/C9H9ClN2O/c10-5-8(13)9-11-6-3-1-2-4-7(6)12-9/h1-4,8-9,13H,5H2/t8-/m1/s1. The third-order valence-electron chi connectivity index (χ3n) is 1.93. The van der Waals surface area contributed by atoms with Gasteiger partial charge in [-0.2, -0.15) is 0 Å². The Balaban J connectivity index is 2.40. The number of hydrogen-bond acceptors (Lipinski definition) is 3. The number of fused-ring (bicyclic) bond motifs is 1. The molecule has 2 rings (SSSR count). The first-order chi connectivity index (χ1) is 6.31. The van der Waals surface area contributed by atoms with Gasteiger partial charge in [0.2, 0.25) is 0 Å². The highest BCUT2D eigenvalue weighted by atomic mass is 35.5. The zero-order valence-electron chi connectivity index (χ0n) is 6.89. The Bertz CT molecular complexity index is 383. The van der Waals surface area contributed by atoms with Gasteiger partial charge in [-0.25, -0.2) is 0 Å². The fraction of sp³-hybridized carbons (Fsp3) is 0.333. The van der Waals surface area contributed by atoms with E-state index in [1.807, 2.05) is 24.3 Å². The second kappa shape index (κ2) is 3.44. The quantitative estimate of drug-likeness (QED) is 0.658. The third-order valence-corrected chi connectivity index (χ3v) is 2.24. The van der Waals surface area contributed by atoms with E-state index >= 15 is 0 Å². The molecular formula is C9H9ClN2O. The molecule has 1 aliphatic rings. The SMILES string of the molecule is O[C@H](CCl)C1N=c2ccccc2=N1. The van der Waals surface area contributed by atoms with E-state index in [0.717, 1.165) is 10.7 Å². The highest BCUT2D eigenvalue weighted by Gasteiger charge is 2.18. The van der Waals surface area contributed by atoms with Crippen LogP contribution in [-0.2, 0) is 0 Å². The molecule has 0 amide bonds. The molecule has 0 unspecified atom stereocenters. The monoisotopic (exact) mass is 196 g/mol. The first kappa shape index (κ1) is 8.66. The molecule has 0 saturated carbocycles. The predicted molar refractivity (Wildman–Crippen MR) is 49.3 cm³/mol. The van der Waals surface area contributed by atoms with Gasteiger partial charge in [0.1, 0.15) is 6.10 Å². The molecule has 0 aromatic heterocycles. The van der Waals surface area contributed by atoms with Gasteiger partial charge in [-0.3, -0.25) is 9.98 Å². The van der Waals surface area contributed by atoms with Gasteiger partial charge in [-0.15, -0.1) is 11.6 Å². The van der Waals surface area contributed by atoms with Crippen LogP contribution in [0.2, 0.25) is 0 Å². The molecule has 0 saturated heterocycles. The Hall–Kier alpha value is -0.930. The molecule has 4 heteroatoms. The van der Waals surface area contributed by atoms with Crippen LogP contribution in [0.1, 0.15) is 0 Å². The minimum absolute atomic E-state index is 0.158. The van der Waals surface area contributed by atoms with E-state index < -0.39 is 12.3 Å². The molecule has 1 N–H and O–H groups in total. The molecule has 1 atom stereocenters. The Labute approximate surface area is 80.4 Å². The molecule has 0 spiro atoms. The molecule has 0 aliphatic carbocycles. The molecule has 0 fully saturated rings. The van der Waals surface area contributed by atoms with E-state index in [0.29, 0.717) is 0 Å². The number of aliphatic hydroxyl groups excluding tert-OH is 1. The van der Waals surface area contributed by atoms with Crippen molar-refractivity contribution in [1.82, 2.24) is 0 Å². The van der Waals surface area contributed by atoms with Crippen LogP contribution in [0.5, 0.6) is 0 Å². The summed E-state index contributed by atoms with van der Waals surface area (Å²) in [6.45, 7) is 0. The zero-order valence-corrected chi connectivity index (χ0v) is 7.65. The summed E-state index contributed by atoms with van der Waals surface area (Å²) in [5.74, 6) is 0.158. The Morgan fingerprint density at radius 3 is 2.31 bits per heavy atom. The molecule has 1 aromatic rings. The number of para-hydroxylation sites is 2. The van der Waals surface area contributed by atoms with Gasteiger partial charge in [0, 0.05) is 0 Å². The number of benzene rings is 1. The predicted octanol–water partition coefficient (Wildman–Crippen LogP) is -0.135. The van der Waals surface area contributed by atoms with Crippen LogP contribution in [-0.4, -0.2) is 23.3 Å². The van der Waals surface area contributed by atoms with Crippen LogP contribution >= 0.6 is 11.6 Å². The van der Waals surface area contributed by atoms with Crippen LogP contribution < -0.4 is 10.7 Å². The van der Waals surface area contributed by atoms with Crippen molar-refractivity contribution in [3.63, 3.8) is 0 Å². The number of halogens is 1. The van der Waals surface area contributed by atoms with Gasteiger partial charge in [0.15, 0.2) is 6.17 Å². The van der Waals surface area contributed by atoms with Gasteiger partial charge in [0.25, 0.3) is 0 Å². The molecule has 1 heterocycles. The van der Waals surface area contributed by atoms with Gasteiger partial charge in [0.05, 0.1) is 16.6 Å². The maximum Gasteiger partial charge on any atom is 0.167 e. The molecule has 68 valence electrons. The van der Waals surface area contributed by atoms with Crippen molar-refractivity contribution in [2.24, 2.45) is 9.98 Å². The van der Waals surface area contributed by atoms with Gasteiger partial charge in [-0.1, -0.05) is 12.1 Å². The fourth-order valence-electron chi connectivity index (χ4n) is 1.25. The lowest BCUT2D eigenvalue weighted by Crippen LogP contribution is -2.23. The maximum absolute atomic E-state index is 9.41. The molecular weight excluding hydrogens is 188 g/mol. The number of nitrogens with zero attached hydrogens (tertiary/aromatic N) is 2. The van der Waals surface area contributed by atoms with E-state index in [1.165, 1.54) is 0 Å². The second-order valence-corrected chi connectivity index (χ2v) is 3.19. The zero-order chi connectivity index (χ0) is 9.26. The lowest BCUT2D eigenvalue weighted by molar-refractivity contribution is 0.170. The minimum Gasteiger partial charge on any atom is -0.388 e. The van der Waals surface area contributed by atoms with Crippen molar-refractivity contribution in [2.75, 3.05) is 5.88 Å². The summed E-state index contributed by atoms with van der Waals surface area (Å²) in [6, 6.07) is 7.54. The van der Waals surface area contributed by atoms with Gasteiger partial charge in [-0.05, 0) is 12.1 Å². The van der Waals surface area contributed by atoms with E-state index in [-0.39, 0.29) is 5.88 Å². The first-order valence-corrected chi connectivity index (χ1v) is 4.59. The van der Waals surface area contributed by atoms with Crippen molar-refractivity contribution >= 4 is 11.6 Å². The number of hydrogen-bond donors (Lipinski definition) is 1. The molecule has 13 heavy (non-hydrogen) atoms. The Morgan fingerprint density at radius 2 is 1.85 bits per heavy atom. The average molecular weight is 197 g/mol. The van der Waals surface area contributed by atoms with Crippen LogP contribution in [0.4, 0.5) is 0 Å². The Morgan fingerprint density at radius 1 is 1.31 bits per heavy atom. The number of alkyl halides is 1. The summed E-state index contributed by atoms with van der Waals surface area (Å²) in [5, 5.41) is 11.1. The Kier molecular flexibility index (Phi) is 2.29. The molecule has 1 aliphatic heterocycles. The molecule has 0 bridgehead atoms. The number of aliphatic hydroxyl groups is 1. The molecule has 3 nitrogen and oxygen atoms in total. The van der Waals surface area contributed by atoms with Crippen LogP contribution in [0, 0.1) is 0 Å². The summed E-state index contributed by atoms with van der Waals surface area (Å²) in [5.41, 5.74) is 0. The normalized spacial score (nSPS) is 17.4. The van der Waals surface area contributed by atoms with E-state index in [4.69, 9.17) is 11.6 Å². The lowest BCUT2D eigenvalue weighted by atomic mass is 10.3. The summed E-state index contributed by atoms with van der Waals surface area (Å²) in [6.07, 6.45) is -1.11. The van der Waals surface area contributed by atoms with E-state index in [1.54, 1.807) is 0 Å². The van der Waals surface area contributed by atoms with E-state index in [9.17, 15) is 5.11 Å². The average Bonchev–Trinajstić information content (AvgIpc) is 2.59. The van der Waals surface area contributed by atoms with Crippen molar-refractivity contribution in [1.29, 1.82) is 0 Å². The van der Waals surface area contributed by atoms with Gasteiger partial charge < -0.3 is 5.11 Å². The largest absolute Gasteiger partial charge is 0.388 e. The van der Waals surface area contributed by atoms with Crippen LogP contribution in [0.15, 0.2) is 34.3 Å². The summed E-state index contributed by atoms with van der Waals surface area (Å²) in [4.78, 5) is 8.44. The van der Waals surface area contributed by atoms with Crippen LogP contribution in [0.25, 0.3) is 0 Å².